The van der Waals surface area contributed by atoms with E-state index in [0.717, 1.165) is 31.8 Å². The van der Waals surface area contributed by atoms with E-state index in [1.165, 1.54) is 23.1 Å². The third-order valence-electron chi connectivity index (χ3n) is 4.26. The van der Waals surface area contributed by atoms with E-state index >= 15 is 0 Å². The van der Waals surface area contributed by atoms with E-state index in [0.29, 0.717) is 19.5 Å². The van der Waals surface area contributed by atoms with Crippen LogP contribution in [0.3, 0.4) is 0 Å². The number of piperidine rings is 1. The van der Waals surface area contributed by atoms with Crippen LogP contribution in [0.1, 0.15) is 37.9 Å². The highest BCUT2D eigenvalue weighted by molar-refractivity contribution is 7.89. The first-order valence-corrected chi connectivity index (χ1v) is 9.76. The molecule has 8 nitrogen and oxygen atoms in total. The molecule has 1 aliphatic heterocycles. The van der Waals surface area contributed by atoms with E-state index in [4.69, 9.17) is 0 Å². The minimum atomic E-state index is -3.24. The van der Waals surface area contributed by atoms with Gasteiger partial charge in [-0.2, -0.15) is 5.10 Å². The summed E-state index contributed by atoms with van der Waals surface area (Å²) in [4.78, 5) is 12.4. The summed E-state index contributed by atoms with van der Waals surface area (Å²) in [5, 5.41) is 7.83. The molecule has 0 saturated carbocycles. The standard InChI is InChI=1S/C14H27N5O3S/c1-4-18-13(12-7-5-8-15-11-12)16-19(14(18)20)9-6-10-23(21,22)17(2)3/h12,15H,4-11H2,1-3H3/t12-/m1/s1. The molecule has 0 aromatic carbocycles. The van der Waals surface area contributed by atoms with Gasteiger partial charge in [-0.3, -0.25) is 4.57 Å². The van der Waals surface area contributed by atoms with Crippen molar-refractivity contribution in [3.63, 3.8) is 0 Å². The molecule has 1 N–H and O–H groups in total. The second-order valence-electron chi connectivity index (χ2n) is 6.10. The Morgan fingerprint density at radius 3 is 2.70 bits per heavy atom. The molecular weight excluding hydrogens is 318 g/mol. The van der Waals surface area contributed by atoms with E-state index in [1.54, 1.807) is 4.57 Å². The summed E-state index contributed by atoms with van der Waals surface area (Å²) in [6.07, 6.45) is 2.48. The smallest absolute Gasteiger partial charge is 0.316 e. The molecule has 0 spiro atoms. The lowest BCUT2D eigenvalue weighted by molar-refractivity contribution is 0.430. The zero-order valence-electron chi connectivity index (χ0n) is 14.2. The Hall–Kier alpha value is -1.19. The molecule has 0 bridgehead atoms. The van der Waals surface area contributed by atoms with Crippen LogP contribution in [0.25, 0.3) is 0 Å². The lowest BCUT2D eigenvalue weighted by atomic mass is 9.99. The van der Waals surface area contributed by atoms with Gasteiger partial charge in [0.1, 0.15) is 5.82 Å². The van der Waals surface area contributed by atoms with Gasteiger partial charge in [-0.25, -0.2) is 22.2 Å². The lowest BCUT2D eigenvalue weighted by Gasteiger charge is -2.21. The number of hydrogen-bond acceptors (Lipinski definition) is 5. The maximum absolute atomic E-state index is 12.4. The second kappa shape index (κ2) is 7.59. The number of nitrogens with one attached hydrogen (secondary N) is 1. The Morgan fingerprint density at radius 2 is 2.13 bits per heavy atom. The van der Waals surface area contributed by atoms with Crippen molar-refractivity contribution in [1.82, 2.24) is 24.0 Å². The van der Waals surface area contributed by atoms with Crippen molar-refractivity contribution in [2.45, 2.75) is 45.2 Å². The molecule has 2 rings (SSSR count). The molecule has 23 heavy (non-hydrogen) atoms. The number of nitrogens with zero attached hydrogens (tertiary/aromatic N) is 4. The summed E-state index contributed by atoms with van der Waals surface area (Å²) in [5.41, 5.74) is -0.143. The highest BCUT2D eigenvalue weighted by Crippen LogP contribution is 2.20. The van der Waals surface area contributed by atoms with Gasteiger partial charge in [-0.15, -0.1) is 0 Å². The maximum atomic E-state index is 12.4. The normalized spacial score (nSPS) is 19.4. The molecule has 1 aliphatic rings. The van der Waals surface area contributed by atoms with Crippen LogP contribution < -0.4 is 11.0 Å². The SMILES string of the molecule is CCn1c([C@@H]2CCCNC2)nn(CCCS(=O)(=O)N(C)C)c1=O. The van der Waals surface area contributed by atoms with Crippen LogP contribution in [0.15, 0.2) is 4.79 Å². The number of aryl methyl sites for hydroxylation is 1. The van der Waals surface area contributed by atoms with Gasteiger partial charge in [-0.05, 0) is 32.7 Å². The van der Waals surface area contributed by atoms with E-state index in [-0.39, 0.29) is 17.4 Å². The zero-order chi connectivity index (χ0) is 17.0. The summed E-state index contributed by atoms with van der Waals surface area (Å²) >= 11 is 0. The molecule has 2 heterocycles. The average Bonchev–Trinajstić information content (AvgIpc) is 2.84. The van der Waals surface area contributed by atoms with Crippen LogP contribution in [0.5, 0.6) is 0 Å². The lowest BCUT2D eigenvalue weighted by Crippen LogP contribution is -2.31. The Balaban J connectivity index is 2.11. The molecule has 0 amide bonds. The molecular formula is C14H27N5O3S. The predicted molar refractivity (Wildman–Crippen MR) is 89.1 cm³/mol. The largest absolute Gasteiger partial charge is 0.345 e. The minimum absolute atomic E-state index is 0.0196. The van der Waals surface area contributed by atoms with E-state index in [1.807, 2.05) is 6.92 Å². The Kier molecular flexibility index (Phi) is 5.99. The fourth-order valence-corrected chi connectivity index (χ4v) is 3.71. The third-order valence-corrected chi connectivity index (χ3v) is 6.18. The average molecular weight is 345 g/mol. The van der Waals surface area contributed by atoms with Crippen molar-refractivity contribution < 1.29 is 8.42 Å². The first-order chi connectivity index (χ1) is 10.9. The molecule has 0 radical (unpaired) electrons. The zero-order valence-corrected chi connectivity index (χ0v) is 15.0. The molecule has 0 unspecified atom stereocenters. The van der Waals surface area contributed by atoms with Crippen LogP contribution in [-0.4, -0.2) is 60.0 Å². The van der Waals surface area contributed by atoms with Crippen molar-refractivity contribution >= 4 is 10.0 Å². The van der Waals surface area contributed by atoms with Crippen molar-refractivity contribution in [2.75, 3.05) is 32.9 Å². The van der Waals surface area contributed by atoms with Gasteiger partial charge in [0, 0.05) is 39.6 Å². The van der Waals surface area contributed by atoms with Gasteiger partial charge in [-0.1, -0.05) is 0 Å². The van der Waals surface area contributed by atoms with Crippen LogP contribution in [0, 0.1) is 0 Å². The van der Waals surface area contributed by atoms with Gasteiger partial charge in [0.2, 0.25) is 10.0 Å². The Labute approximate surface area is 137 Å². The molecule has 132 valence electrons. The van der Waals surface area contributed by atoms with E-state index < -0.39 is 10.0 Å². The van der Waals surface area contributed by atoms with Crippen molar-refractivity contribution in [1.29, 1.82) is 0 Å². The molecule has 1 aromatic heterocycles. The van der Waals surface area contributed by atoms with Crippen LogP contribution >= 0.6 is 0 Å². The quantitative estimate of drug-likeness (QED) is 0.740. The van der Waals surface area contributed by atoms with Gasteiger partial charge >= 0.3 is 5.69 Å². The monoisotopic (exact) mass is 345 g/mol. The first-order valence-electron chi connectivity index (χ1n) is 8.15. The number of hydrogen-bond donors (Lipinski definition) is 1. The van der Waals surface area contributed by atoms with Gasteiger partial charge in [0.15, 0.2) is 0 Å². The second-order valence-corrected chi connectivity index (χ2v) is 8.41. The van der Waals surface area contributed by atoms with Gasteiger partial charge < -0.3 is 5.32 Å². The van der Waals surface area contributed by atoms with Crippen LogP contribution in [0.2, 0.25) is 0 Å². The molecule has 1 atom stereocenters. The molecule has 1 fully saturated rings. The van der Waals surface area contributed by atoms with Crippen molar-refractivity contribution in [3.05, 3.63) is 16.3 Å². The van der Waals surface area contributed by atoms with Crippen LogP contribution in [0.4, 0.5) is 0 Å². The topological polar surface area (TPSA) is 89.2 Å². The molecule has 1 aromatic rings. The highest BCUT2D eigenvalue weighted by atomic mass is 32.2. The highest BCUT2D eigenvalue weighted by Gasteiger charge is 2.23. The van der Waals surface area contributed by atoms with Gasteiger partial charge in [0.25, 0.3) is 0 Å². The minimum Gasteiger partial charge on any atom is -0.316 e. The number of sulfonamides is 1. The molecule has 0 aliphatic carbocycles. The van der Waals surface area contributed by atoms with Crippen LogP contribution in [-0.2, 0) is 23.1 Å². The Bertz CT molecular complexity index is 671. The summed E-state index contributed by atoms with van der Waals surface area (Å²) in [6.45, 7) is 4.69. The predicted octanol–water partition coefficient (Wildman–Crippen LogP) is -0.187. The summed E-state index contributed by atoms with van der Waals surface area (Å²) in [5.74, 6) is 1.09. The third kappa shape index (κ3) is 4.21. The molecule has 9 heteroatoms. The molecule has 1 saturated heterocycles. The van der Waals surface area contributed by atoms with E-state index in [9.17, 15) is 13.2 Å². The summed E-state index contributed by atoms with van der Waals surface area (Å²) in [6, 6.07) is 0. The number of rotatable bonds is 7. The fraction of sp³-hybridized carbons (Fsp3) is 0.857. The van der Waals surface area contributed by atoms with E-state index in [2.05, 4.69) is 10.4 Å². The fourth-order valence-electron chi connectivity index (χ4n) is 2.85. The van der Waals surface area contributed by atoms with Crippen molar-refractivity contribution in [2.24, 2.45) is 0 Å². The maximum Gasteiger partial charge on any atom is 0.345 e. The summed E-state index contributed by atoms with van der Waals surface area (Å²) in [7, 11) is -0.206. The summed E-state index contributed by atoms with van der Waals surface area (Å²) < 4.78 is 27.9. The number of aromatic nitrogens is 3. The van der Waals surface area contributed by atoms with Crippen molar-refractivity contribution in [3.8, 4) is 0 Å². The first kappa shape index (κ1) is 18.2. The van der Waals surface area contributed by atoms with Gasteiger partial charge in [0.05, 0.1) is 5.75 Å². The Morgan fingerprint density at radius 1 is 1.39 bits per heavy atom.